The standard InChI is InChI=1S/C13H12N4OS/c1-3-10-8(2)19-13(16-10)17-12(18)11-5-4-9(6-14)7-15-11/h4-5,7H,3H2,1-2H3,(H,16,17,18). The molecule has 0 fully saturated rings. The van der Waals surface area contributed by atoms with Crippen LogP contribution in [-0.2, 0) is 6.42 Å². The third-order valence-corrected chi connectivity index (χ3v) is 3.50. The van der Waals surface area contributed by atoms with Crippen molar-refractivity contribution >= 4 is 22.4 Å². The van der Waals surface area contributed by atoms with Crippen molar-refractivity contribution < 1.29 is 4.79 Å². The molecule has 2 heterocycles. The summed E-state index contributed by atoms with van der Waals surface area (Å²) in [6, 6.07) is 5.04. The van der Waals surface area contributed by atoms with Gasteiger partial charge in [0.05, 0.1) is 11.3 Å². The molecule has 2 rings (SSSR count). The smallest absolute Gasteiger partial charge is 0.276 e. The minimum atomic E-state index is -0.319. The second-order valence-electron chi connectivity index (χ2n) is 3.87. The molecule has 0 aromatic carbocycles. The Morgan fingerprint density at radius 3 is 2.84 bits per heavy atom. The Bertz CT molecular complexity index is 640. The first-order valence-electron chi connectivity index (χ1n) is 5.78. The molecule has 1 amide bonds. The maximum absolute atomic E-state index is 11.9. The molecule has 0 aliphatic carbocycles. The number of thiazole rings is 1. The number of pyridine rings is 1. The topological polar surface area (TPSA) is 78.7 Å². The van der Waals surface area contributed by atoms with Crippen LogP contribution >= 0.6 is 11.3 Å². The van der Waals surface area contributed by atoms with Crippen molar-refractivity contribution in [3.8, 4) is 6.07 Å². The Hall–Kier alpha value is -2.26. The van der Waals surface area contributed by atoms with E-state index in [4.69, 9.17) is 5.26 Å². The van der Waals surface area contributed by atoms with Gasteiger partial charge in [0.25, 0.3) is 5.91 Å². The highest BCUT2D eigenvalue weighted by atomic mass is 32.1. The second-order valence-corrected chi connectivity index (χ2v) is 5.08. The zero-order valence-corrected chi connectivity index (χ0v) is 11.4. The van der Waals surface area contributed by atoms with Crippen molar-refractivity contribution in [3.63, 3.8) is 0 Å². The first-order valence-corrected chi connectivity index (χ1v) is 6.59. The van der Waals surface area contributed by atoms with Gasteiger partial charge in [0, 0.05) is 11.1 Å². The molecule has 0 spiro atoms. The van der Waals surface area contributed by atoms with Gasteiger partial charge in [-0.3, -0.25) is 10.1 Å². The molecule has 2 aromatic rings. The summed E-state index contributed by atoms with van der Waals surface area (Å²) in [4.78, 5) is 21.3. The fraction of sp³-hybridized carbons (Fsp3) is 0.231. The van der Waals surface area contributed by atoms with Crippen LogP contribution in [-0.4, -0.2) is 15.9 Å². The average Bonchev–Trinajstić information content (AvgIpc) is 2.78. The molecular formula is C13H12N4OS. The van der Waals surface area contributed by atoms with E-state index in [1.54, 1.807) is 6.07 Å². The lowest BCUT2D eigenvalue weighted by Crippen LogP contribution is -2.13. The average molecular weight is 272 g/mol. The molecule has 0 bridgehead atoms. The van der Waals surface area contributed by atoms with Gasteiger partial charge >= 0.3 is 0 Å². The van der Waals surface area contributed by atoms with E-state index in [1.165, 1.54) is 23.6 Å². The maximum atomic E-state index is 11.9. The lowest BCUT2D eigenvalue weighted by Gasteiger charge is -2.00. The summed E-state index contributed by atoms with van der Waals surface area (Å²) in [5.74, 6) is -0.319. The summed E-state index contributed by atoms with van der Waals surface area (Å²) in [5, 5.41) is 12.0. The van der Waals surface area contributed by atoms with Gasteiger partial charge in [0.1, 0.15) is 11.8 Å². The molecule has 0 radical (unpaired) electrons. The summed E-state index contributed by atoms with van der Waals surface area (Å²) in [5.41, 5.74) is 1.69. The molecule has 19 heavy (non-hydrogen) atoms. The first kappa shape index (κ1) is 13.2. The maximum Gasteiger partial charge on any atom is 0.276 e. The largest absolute Gasteiger partial charge is 0.296 e. The second kappa shape index (κ2) is 5.59. The monoisotopic (exact) mass is 272 g/mol. The Morgan fingerprint density at radius 2 is 2.32 bits per heavy atom. The van der Waals surface area contributed by atoms with Crippen LogP contribution in [0.4, 0.5) is 5.13 Å². The number of amides is 1. The van der Waals surface area contributed by atoms with Crippen LogP contribution in [0, 0.1) is 18.3 Å². The van der Waals surface area contributed by atoms with Crippen molar-refractivity contribution in [2.75, 3.05) is 5.32 Å². The van der Waals surface area contributed by atoms with Crippen LogP contribution in [0.1, 0.15) is 33.5 Å². The molecule has 5 nitrogen and oxygen atoms in total. The minimum Gasteiger partial charge on any atom is -0.296 e. The Morgan fingerprint density at radius 1 is 1.53 bits per heavy atom. The SMILES string of the molecule is CCc1nc(NC(=O)c2ccc(C#N)cn2)sc1C. The molecule has 2 aromatic heterocycles. The molecule has 0 saturated carbocycles. The van der Waals surface area contributed by atoms with Crippen molar-refractivity contribution in [2.24, 2.45) is 0 Å². The van der Waals surface area contributed by atoms with Crippen LogP contribution in [0.3, 0.4) is 0 Å². The molecule has 0 aliphatic rings. The summed E-state index contributed by atoms with van der Waals surface area (Å²) in [6.45, 7) is 4.00. The van der Waals surface area contributed by atoms with E-state index in [1.807, 2.05) is 19.9 Å². The minimum absolute atomic E-state index is 0.268. The van der Waals surface area contributed by atoms with Gasteiger partial charge in [-0.25, -0.2) is 9.97 Å². The van der Waals surface area contributed by atoms with Crippen LogP contribution in [0.2, 0.25) is 0 Å². The highest BCUT2D eigenvalue weighted by Gasteiger charge is 2.11. The van der Waals surface area contributed by atoms with E-state index in [9.17, 15) is 4.79 Å². The summed E-state index contributed by atoms with van der Waals surface area (Å²) in [6.07, 6.45) is 2.22. The molecule has 1 N–H and O–H groups in total. The molecule has 0 atom stereocenters. The quantitative estimate of drug-likeness (QED) is 0.931. The van der Waals surface area contributed by atoms with E-state index in [0.29, 0.717) is 10.7 Å². The fourth-order valence-electron chi connectivity index (χ4n) is 1.56. The number of nitriles is 1. The predicted octanol–water partition coefficient (Wildman–Crippen LogP) is 2.53. The van der Waals surface area contributed by atoms with Crippen molar-refractivity contribution in [3.05, 3.63) is 40.2 Å². The Kier molecular flexibility index (Phi) is 3.88. The van der Waals surface area contributed by atoms with Crippen LogP contribution in [0.15, 0.2) is 18.3 Å². The van der Waals surface area contributed by atoms with Crippen LogP contribution in [0.5, 0.6) is 0 Å². The third-order valence-electron chi connectivity index (χ3n) is 2.57. The molecule has 6 heteroatoms. The van der Waals surface area contributed by atoms with Gasteiger partial charge in [0.2, 0.25) is 0 Å². The lowest BCUT2D eigenvalue weighted by molar-refractivity contribution is 0.102. The number of hydrogen-bond donors (Lipinski definition) is 1. The van der Waals surface area contributed by atoms with Gasteiger partial charge in [-0.1, -0.05) is 6.92 Å². The predicted molar refractivity (Wildman–Crippen MR) is 73.1 cm³/mol. The number of rotatable bonds is 3. The van der Waals surface area contributed by atoms with E-state index in [2.05, 4.69) is 15.3 Å². The van der Waals surface area contributed by atoms with Crippen molar-refractivity contribution in [1.82, 2.24) is 9.97 Å². The van der Waals surface area contributed by atoms with E-state index < -0.39 is 0 Å². The number of nitrogens with zero attached hydrogens (tertiary/aromatic N) is 3. The van der Waals surface area contributed by atoms with Gasteiger partial charge in [-0.2, -0.15) is 5.26 Å². The van der Waals surface area contributed by atoms with E-state index in [0.717, 1.165) is 17.0 Å². The van der Waals surface area contributed by atoms with Gasteiger partial charge < -0.3 is 0 Å². The number of aromatic nitrogens is 2. The summed E-state index contributed by atoms with van der Waals surface area (Å²) in [7, 11) is 0. The van der Waals surface area contributed by atoms with E-state index >= 15 is 0 Å². The normalized spacial score (nSPS) is 9.95. The zero-order chi connectivity index (χ0) is 13.8. The van der Waals surface area contributed by atoms with Crippen molar-refractivity contribution in [1.29, 1.82) is 5.26 Å². The van der Waals surface area contributed by atoms with Crippen LogP contribution < -0.4 is 5.32 Å². The Labute approximate surface area is 114 Å². The van der Waals surface area contributed by atoms with Crippen LogP contribution in [0.25, 0.3) is 0 Å². The summed E-state index contributed by atoms with van der Waals surface area (Å²) >= 11 is 1.45. The van der Waals surface area contributed by atoms with Gasteiger partial charge in [0.15, 0.2) is 5.13 Å². The number of hydrogen-bond acceptors (Lipinski definition) is 5. The third kappa shape index (κ3) is 2.95. The zero-order valence-electron chi connectivity index (χ0n) is 10.6. The summed E-state index contributed by atoms with van der Waals surface area (Å²) < 4.78 is 0. The van der Waals surface area contributed by atoms with Crippen molar-refractivity contribution in [2.45, 2.75) is 20.3 Å². The molecule has 96 valence electrons. The molecular weight excluding hydrogens is 260 g/mol. The van der Waals surface area contributed by atoms with E-state index in [-0.39, 0.29) is 11.6 Å². The Balaban J connectivity index is 2.13. The number of anilines is 1. The number of carbonyl (C=O) groups is 1. The number of carbonyl (C=O) groups excluding carboxylic acids is 1. The van der Waals surface area contributed by atoms with Gasteiger partial charge in [-0.05, 0) is 25.5 Å². The molecule has 0 saturated heterocycles. The highest BCUT2D eigenvalue weighted by molar-refractivity contribution is 7.15. The van der Waals surface area contributed by atoms with Gasteiger partial charge in [-0.15, -0.1) is 11.3 Å². The molecule has 0 aliphatic heterocycles. The number of aryl methyl sites for hydroxylation is 2. The molecule has 0 unspecified atom stereocenters. The fourth-order valence-corrected chi connectivity index (χ4v) is 2.46. The number of nitrogens with one attached hydrogen (secondary N) is 1. The first-order chi connectivity index (χ1) is 9.13. The lowest BCUT2D eigenvalue weighted by atomic mass is 10.2. The highest BCUT2D eigenvalue weighted by Crippen LogP contribution is 2.22.